The summed E-state index contributed by atoms with van der Waals surface area (Å²) in [6.45, 7) is 9.42. The van der Waals surface area contributed by atoms with Gasteiger partial charge in [-0.1, -0.05) is 24.6 Å². The molecule has 2 aliphatic rings. The molecule has 14 heteroatoms. The maximum absolute atomic E-state index is 14.5. The predicted molar refractivity (Wildman–Crippen MR) is 155 cm³/mol. The van der Waals surface area contributed by atoms with E-state index in [9.17, 15) is 17.6 Å². The molecule has 0 spiro atoms. The molecule has 0 radical (unpaired) electrons. The summed E-state index contributed by atoms with van der Waals surface area (Å²) >= 11 is 5.92. The van der Waals surface area contributed by atoms with Crippen LogP contribution in [0, 0.1) is 18.7 Å². The molecule has 5 atom stereocenters. The van der Waals surface area contributed by atoms with Gasteiger partial charge in [-0.05, 0) is 57.7 Å². The van der Waals surface area contributed by atoms with Crippen LogP contribution in [-0.2, 0) is 11.3 Å². The summed E-state index contributed by atoms with van der Waals surface area (Å²) in [5.74, 6) is -0.317. The van der Waals surface area contributed by atoms with Crippen molar-refractivity contribution in [2.24, 2.45) is 5.92 Å². The number of rotatable bonds is 7. The second-order valence-corrected chi connectivity index (χ2v) is 12.3. The van der Waals surface area contributed by atoms with E-state index in [4.69, 9.17) is 26.3 Å². The molecule has 5 heterocycles. The third kappa shape index (κ3) is 5.66. The molecule has 9 nitrogen and oxygen atoms in total. The first-order valence-electron chi connectivity index (χ1n) is 14.6. The van der Waals surface area contributed by atoms with Crippen molar-refractivity contribution in [1.82, 2.24) is 34.0 Å². The van der Waals surface area contributed by atoms with Gasteiger partial charge < -0.3 is 14.2 Å². The highest BCUT2D eigenvalue weighted by Gasteiger charge is 2.42. The molecule has 2 saturated heterocycles. The fourth-order valence-electron chi connectivity index (χ4n) is 6.49. The van der Waals surface area contributed by atoms with Gasteiger partial charge in [0.2, 0.25) is 0 Å². The van der Waals surface area contributed by atoms with Crippen LogP contribution < -0.4 is 4.90 Å². The third-order valence-corrected chi connectivity index (χ3v) is 9.19. The van der Waals surface area contributed by atoms with Gasteiger partial charge in [-0.25, -0.2) is 13.8 Å². The Labute approximate surface area is 251 Å². The van der Waals surface area contributed by atoms with Crippen molar-refractivity contribution in [3.8, 4) is 0 Å². The van der Waals surface area contributed by atoms with E-state index >= 15 is 0 Å². The van der Waals surface area contributed by atoms with Crippen molar-refractivity contribution >= 4 is 34.4 Å². The molecular weight excluding hydrogens is 588 g/mol. The van der Waals surface area contributed by atoms with Crippen LogP contribution in [0.5, 0.6) is 0 Å². The Kier molecular flexibility index (Phi) is 8.01. The van der Waals surface area contributed by atoms with Crippen LogP contribution in [0.25, 0.3) is 16.9 Å². The lowest BCUT2D eigenvalue weighted by atomic mass is 9.91. The number of hydrogen-bond acceptors (Lipinski definition) is 7. The normalized spacial score (nSPS) is 23.5. The average Bonchev–Trinajstić information content (AvgIpc) is 3.70. The Bertz CT molecular complexity index is 1620. The Morgan fingerprint density at radius 3 is 2.63 bits per heavy atom. The summed E-state index contributed by atoms with van der Waals surface area (Å²) in [7, 11) is 0. The second kappa shape index (κ2) is 11.5. The summed E-state index contributed by atoms with van der Waals surface area (Å²) in [6, 6.07) is 3.28. The highest BCUT2D eigenvalue weighted by molar-refractivity contribution is 6.30. The molecule has 2 aliphatic heterocycles. The van der Waals surface area contributed by atoms with E-state index in [1.165, 1.54) is 19.1 Å². The summed E-state index contributed by atoms with van der Waals surface area (Å²) in [5.41, 5.74) is 2.01. The van der Waals surface area contributed by atoms with Crippen LogP contribution in [0.15, 0.2) is 24.5 Å². The maximum atomic E-state index is 14.5. The van der Waals surface area contributed by atoms with Gasteiger partial charge >= 0.3 is 6.18 Å². The quantitative estimate of drug-likeness (QED) is 0.235. The Hall–Kier alpha value is -3.03. The van der Waals surface area contributed by atoms with Crippen molar-refractivity contribution in [2.45, 2.75) is 83.9 Å². The summed E-state index contributed by atoms with van der Waals surface area (Å²) < 4.78 is 65.6. The van der Waals surface area contributed by atoms with Gasteiger partial charge in [0, 0.05) is 37.8 Å². The van der Waals surface area contributed by atoms with Crippen molar-refractivity contribution in [3.63, 3.8) is 0 Å². The number of imidazole rings is 1. The zero-order chi connectivity index (χ0) is 30.6. The molecule has 1 unspecified atom stereocenters. The second-order valence-electron chi connectivity index (χ2n) is 11.9. The van der Waals surface area contributed by atoms with E-state index in [2.05, 4.69) is 19.7 Å². The highest BCUT2D eigenvalue weighted by Crippen LogP contribution is 2.40. The van der Waals surface area contributed by atoms with Crippen molar-refractivity contribution in [2.75, 3.05) is 24.6 Å². The minimum Gasteiger partial charge on any atom is -0.376 e. The fraction of sp³-hybridized carbons (Fsp3) is 0.586. The lowest BCUT2D eigenvalue weighted by Gasteiger charge is -2.48. The maximum Gasteiger partial charge on any atom is 0.391 e. The first-order valence-corrected chi connectivity index (χ1v) is 15.0. The summed E-state index contributed by atoms with van der Waals surface area (Å²) in [4.78, 5) is 14.0. The van der Waals surface area contributed by atoms with Crippen LogP contribution in [0.2, 0.25) is 5.02 Å². The Morgan fingerprint density at radius 1 is 1.14 bits per heavy atom. The summed E-state index contributed by atoms with van der Waals surface area (Å²) in [6.07, 6.45) is -0.855. The Morgan fingerprint density at radius 2 is 1.93 bits per heavy atom. The van der Waals surface area contributed by atoms with Gasteiger partial charge in [0.15, 0.2) is 11.5 Å². The number of aromatic nitrogens is 6. The molecule has 0 amide bonds. The van der Waals surface area contributed by atoms with Crippen LogP contribution in [-0.4, -0.2) is 78.1 Å². The molecule has 2 fully saturated rings. The SMILES string of the molecule is Cc1nc2c(N3C[C@@H](C)N(C(C[C@H](C)C(F)(F)F)c4ccc(Cl)c(F)c4)C[C@@H]3C)nc3nncn3c2n1C[C@@H]1CCCO1. The minimum absolute atomic E-state index is 0.0641. The number of benzene rings is 1. The fourth-order valence-corrected chi connectivity index (χ4v) is 6.61. The number of piperazine rings is 1. The van der Waals surface area contributed by atoms with Crippen LogP contribution >= 0.6 is 11.6 Å². The molecule has 1 aromatic carbocycles. The van der Waals surface area contributed by atoms with Crippen LogP contribution in [0.4, 0.5) is 23.4 Å². The third-order valence-electron chi connectivity index (χ3n) is 8.89. The standard InChI is InChI=1S/C29H35ClF4N8O/c1-16(29(32,33)34)10-24(20-7-8-22(30)23(31)11-20)39-12-18(3)40(13-17(39)2)26-25-27(42-15-35-38-28(42)37-26)41(19(4)36-25)14-21-6-5-9-43-21/h7-8,11,15-18,21,24H,5-6,9-10,12-14H2,1-4H3/t16-,17+,18-,21-,24?/m0/s1. The molecule has 0 aliphatic carbocycles. The number of nitrogens with zero attached hydrogens (tertiary/aromatic N) is 8. The zero-order valence-electron chi connectivity index (χ0n) is 24.5. The van der Waals surface area contributed by atoms with E-state index in [1.54, 1.807) is 12.4 Å². The molecule has 232 valence electrons. The monoisotopic (exact) mass is 622 g/mol. The number of hydrogen-bond donors (Lipinski definition) is 0. The number of aryl methyl sites for hydroxylation is 1. The van der Waals surface area contributed by atoms with E-state index < -0.39 is 24.0 Å². The molecule has 3 aromatic heterocycles. The highest BCUT2D eigenvalue weighted by atomic mass is 35.5. The first kappa shape index (κ1) is 30.0. The summed E-state index contributed by atoms with van der Waals surface area (Å²) in [5, 5.41) is 8.28. The van der Waals surface area contributed by atoms with Gasteiger partial charge in [-0.15, -0.1) is 10.2 Å². The smallest absolute Gasteiger partial charge is 0.376 e. The van der Waals surface area contributed by atoms with Gasteiger partial charge in [-0.2, -0.15) is 18.2 Å². The molecular formula is C29H35ClF4N8O. The number of anilines is 1. The molecule has 0 bridgehead atoms. The van der Waals surface area contributed by atoms with Crippen LogP contribution in [0.1, 0.15) is 57.5 Å². The topological polar surface area (TPSA) is 76.6 Å². The largest absolute Gasteiger partial charge is 0.391 e. The number of fused-ring (bicyclic) bond motifs is 3. The minimum atomic E-state index is -4.37. The van der Waals surface area contributed by atoms with Gasteiger partial charge in [0.1, 0.15) is 23.5 Å². The van der Waals surface area contributed by atoms with Gasteiger partial charge in [-0.3, -0.25) is 4.90 Å². The molecule has 4 aromatic rings. The number of ether oxygens (including phenoxy) is 1. The lowest BCUT2D eigenvalue weighted by molar-refractivity contribution is -0.175. The van der Waals surface area contributed by atoms with Gasteiger partial charge in [0.25, 0.3) is 5.78 Å². The average molecular weight is 623 g/mol. The lowest BCUT2D eigenvalue weighted by Crippen LogP contribution is -2.58. The van der Waals surface area contributed by atoms with E-state index in [0.717, 1.165) is 30.9 Å². The first-order chi connectivity index (χ1) is 20.4. The molecule has 43 heavy (non-hydrogen) atoms. The van der Waals surface area contributed by atoms with Crippen molar-refractivity contribution in [1.29, 1.82) is 0 Å². The van der Waals surface area contributed by atoms with Gasteiger partial charge in [0.05, 0.1) is 23.6 Å². The number of alkyl halides is 3. The molecule has 0 saturated carbocycles. The zero-order valence-corrected chi connectivity index (χ0v) is 25.3. The molecule has 6 rings (SSSR count). The van der Waals surface area contributed by atoms with Crippen molar-refractivity contribution in [3.05, 3.63) is 46.8 Å². The predicted octanol–water partition coefficient (Wildman–Crippen LogP) is 5.98. The van der Waals surface area contributed by atoms with Crippen LogP contribution in [0.3, 0.4) is 0 Å². The number of halogens is 5. The molecule has 0 N–H and O–H groups in total. The van der Waals surface area contributed by atoms with Crippen molar-refractivity contribution < 1.29 is 22.3 Å². The van der Waals surface area contributed by atoms with E-state index in [0.29, 0.717) is 42.3 Å². The Balaban J connectivity index is 1.36. The van der Waals surface area contributed by atoms with E-state index in [-0.39, 0.29) is 29.6 Å². The van der Waals surface area contributed by atoms with E-state index in [1.807, 2.05) is 30.1 Å².